The summed E-state index contributed by atoms with van der Waals surface area (Å²) in [5.74, 6) is 0.0451. The zero-order valence-corrected chi connectivity index (χ0v) is 21.4. The molecule has 0 unspecified atom stereocenters. The van der Waals surface area contributed by atoms with E-state index in [-0.39, 0.29) is 11.3 Å². The van der Waals surface area contributed by atoms with Crippen molar-refractivity contribution in [3.63, 3.8) is 0 Å². The number of para-hydroxylation sites is 1. The first kappa shape index (κ1) is 23.9. The molecule has 1 aliphatic rings. The predicted octanol–water partition coefficient (Wildman–Crippen LogP) is 5.86. The van der Waals surface area contributed by atoms with Gasteiger partial charge in [0.25, 0.3) is 5.91 Å². The molecule has 1 aromatic heterocycles. The van der Waals surface area contributed by atoms with Crippen molar-refractivity contribution in [3.8, 4) is 11.3 Å². The molecule has 5 rings (SSSR count). The van der Waals surface area contributed by atoms with Gasteiger partial charge in [0.05, 0.1) is 12.2 Å². The van der Waals surface area contributed by atoms with Crippen LogP contribution in [0.3, 0.4) is 0 Å². The maximum absolute atomic E-state index is 13.7. The van der Waals surface area contributed by atoms with Crippen molar-refractivity contribution < 1.29 is 4.79 Å². The van der Waals surface area contributed by atoms with Crippen LogP contribution in [0.4, 0.5) is 5.69 Å². The minimum atomic E-state index is 0.0451. The monoisotopic (exact) mass is 478 g/mol. The molecule has 2 heterocycles. The Morgan fingerprint density at radius 1 is 0.806 bits per heavy atom. The molecule has 1 aliphatic heterocycles. The van der Waals surface area contributed by atoms with Crippen LogP contribution in [0.2, 0.25) is 0 Å². The van der Waals surface area contributed by atoms with Crippen LogP contribution in [-0.4, -0.2) is 46.8 Å². The Balaban J connectivity index is 1.39. The van der Waals surface area contributed by atoms with E-state index < -0.39 is 0 Å². The molecule has 0 atom stereocenters. The molecule has 0 spiro atoms. The SMILES string of the molecule is CC(C)(C)c1ccc(Cn2nc(-c3ccccc3)cc2C(=O)N2CCN(c3ccccc3)CC2)cc1. The molecule has 0 bridgehead atoms. The minimum Gasteiger partial charge on any atom is -0.368 e. The van der Waals surface area contributed by atoms with E-state index in [2.05, 4.69) is 74.2 Å². The number of hydrogen-bond donors (Lipinski definition) is 0. The Bertz CT molecular complexity index is 1300. The second-order valence-corrected chi connectivity index (χ2v) is 10.5. The van der Waals surface area contributed by atoms with Gasteiger partial charge in [0.1, 0.15) is 5.69 Å². The second-order valence-electron chi connectivity index (χ2n) is 10.5. The van der Waals surface area contributed by atoms with Crippen molar-refractivity contribution in [3.05, 3.63) is 108 Å². The van der Waals surface area contributed by atoms with Crippen molar-refractivity contribution in [2.45, 2.75) is 32.7 Å². The molecule has 36 heavy (non-hydrogen) atoms. The third-order valence-electron chi connectivity index (χ3n) is 6.91. The highest BCUT2D eigenvalue weighted by Gasteiger charge is 2.26. The Kier molecular flexibility index (Phi) is 6.64. The fraction of sp³-hybridized carbons (Fsp3) is 0.290. The Morgan fingerprint density at radius 3 is 2.03 bits per heavy atom. The number of nitrogens with zero attached hydrogens (tertiary/aromatic N) is 4. The number of anilines is 1. The van der Waals surface area contributed by atoms with Crippen LogP contribution in [0.25, 0.3) is 11.3 Å². The molecule has 0 radical (unpaired) electrons. The third kappa shape index (κ3) is 5.20. The van der Waals surface area contributed by atoms with E-state index in [4.69, 9.17) is 5.10 Å². The van der Waals surface area contributed by atoms with Crippen molar-refractivity contribution in [2.24, 2.45) is 0 Å². The highest BCUT2D eigenvalue weighted by atomic mass is 16.2. The first-order chi connectivity index (χ1) is 17.4. The van der Waals surface area contributed by atoms with E-state index in [9.17, 15) is 4.79 Å². The first-order valence-corrected chi connectivity index (χ1v) is 12.7. The van der Waals surface area contributed by atoms with Crippen LogP contribution >= 0.6 is 0 Å². The van der Waals surface area contributed by atoms with E-state index in [0.717, 1.165) is 29.9 Å². The summed E-state index contributed by atoms with van der Waals surface area (Å²) >= 11 is 0. The van der Waals surface area contributed by atoms with Gasteiger partial charge < -0.3 is 9.80 Å². The standard InChI is InChI=1S/C31H34N4O/c1-31(2,3)26-16-14-24(15-17-26)23-35-29(22-28(32-35)25-10-6-4-7-11-25)30(36)34-20-18-33(19-21-34)27-12-8-5-9-13-27/h4-17,22H,18-21,23H2,1-3H3. The number of aromatic nitrogens is 2. The number of amides is 1. The molecular weight excluding hydrogens is 444 g/mol. The molecule has 3 aromatic carbocycles. The van der Waals surface area contributed by atoms with Crippen LogP contribution in [-0.2, 0) is 12.0 Å². The summed E-state index contributed by atoms with van der Waals surface area (Å²) in [4.78, 5) is 18.0. The van der Waals surface area contributed by atoms with Crippen molar-refractivity contribution >= 4 is 11.6 Å². The molecule has 1 saturated heterocycles. The van der Waals surface area contributed by atoms with Gasteiger partial charge in [0.2, 0.25) is 0 Å². The van der Waals surface area contributed by atoms with Gasteiger partial charge in [-0.3, -0.25) is 9.48 Å². The largest absolute Gasteiger partial charge is 0.368 e. The van der Waals surface area contributed by atoms with Crippen LogP contribution in [0.5, 0.6) is 0 Å². The normalized spacial score (nSPS) is 14.2. The lowest BCUT2D eigenvalue weighted by molar-refractivity contribution is 0.0734. The van der Waals surface area contributed by atoms with Gasteiger partial charge in [-0.15, -0.1) is 0 Å². The van der Waals surface area contributed by atoms with Crippen LogP contribution in [0.15, 0.2) is 91.0 Å². The van der Waals surface area contributed by atoms with Crippen LogP contribution in [0.1, 0.15) is 42.4 Å². The molecule has 4 aromatic rings. The molecule has 0 aliphatic carbocycles. The fourth-order valence-corrected chi connectivity index (χ4v) is 4.71. The predicted molar refractivity (Wildman–Crippen MR) is 146 cm³/mol. The van der Waals surface area contributed by atoms with Gasteiger partial charge in [-0.1, -0.05) is 93.6 Å². The Morgan fingerprint density at radius 2 is 1.42 bits per heavy atom. The van der Waals surface area contributed by atoms with E-state index in [1.54, 1.807) is 0 Å². The first-order valence-electron chi connectivity index (χ1n) is 12.7. The average Bonchev–Trinajstić information content (AvgIpc) is 3.33. The quantitative estimate of drug-likeness (QED) is 0.361. The summed E-state index contributed by atoms with van der Waals surface area (Å²) in [5.41, 5.74) is 6.23. The second kappa shape index (κ2) is 10.0. The Hall–Kier alpha value is -3.86. The number of benzene rings is 3. The number of carbonyl (C=O) groups excluding carboxylic acids is 1. The van der Waals surface area contributed by atoms with Gasteiger partial charge in [0, 0.05) is 37.4 Å². The maximum Gasteiger partial charge on any atom is 0.272 e. The van der Waals surface area contributed by atoms with E-state index >= 15 is 0 Å². The number of hydrogen-bond acceptors (Lipinski definition) is 3. The number of piperazine rings is 1. The van der Waals surface area contributed by atoms with Gasteiger partial charge in [-0.05, 0) is 34.7 Å². The Labute approximate surface area is 214 Å². The van der Waals surface area contributed by atoms with Crippen molar-refractivity contribution in [1.29, 1.82) is 0 Å². The third-order valence-corrected chi connectivity index (χ3v) is 6.91. The van der Waals surface area contributed by atoms with Gasteiger partial charge in [-0.2, -0.15) is 5.10 Å². The van der Waals surface area contributed by atoms with Crippen molar-refractivity contribution in [2.75, 3.05) is 31.1 Å². The summed E-state index contributed by atoms with van der Waals surface area (Å²) in [6.45, 7) is 10.2. The smallest absolute Gasteiger partial charge is 0.272 e. The van der Waals surface area contributed by atoms with Gasteiger partial charge in [0.15, 0.2) is 0 Å². The fourth-order valence-electron chi connectivity index (χ4n) is 4.71. The molecule has 184 valence electrons. The molecular formula is C31H34N4O. The van der Waals surface area contributed by atoms with E-state index in [1.165, 1.54) is 11.3 Å². The molecule has 1 amide bonds. The van der Waals surface area contributed by atoms with Gasteiger partial charge in [-0.25, -0.2) is 0 Å². The summed E-state index contributed by atoms with van der Waals surface area (Å²) in [6, 6.07) is 31.1. The maximum atomic E-state index is 13.7. The summed E-state index contributed by atoms with van der Waals surface area (Å²) in [5, 5.41) is 4.88. The average molecular weight is 479 g/mol. The van der Waals surface area contributed by atoms with Crippen LogP contribution < -0.4 is 4.90 Å². The lowest BCUT2D eigenvalue weighted by atomic mass is 9.87. The van der Waals surface area contributed by atoms with Crippen LogP contribution in [0, 0.1) is 0 Å². The highest BCUT2D eigenvalue weighted by molar-refractivity contribution is 5.94. The van der Waals surface area contributed by atoms with E-state index in [1.807, 2.05) is 52.0 Å². The number of rotatable bonds is 5. The van der Waals surface area contributed by atoms with Gasteiger partial charge >= 0.3 is 0 Å². The summed E-state index contributed by atoms with van der Waals surface area (Å²) in [7, 11) is 0. The minimum absolute atomic E-state index is 0.0451. The zero-order valence-electron chi connectivity index (χ0n) is 21.4. The summed E-state index contributed by atoms with van der Waals surface area (Å²) in [6.07, 6.45) is 0. The molecule has 0 N–H and O–H groups in total. The lowest BCUT2D eigenvalue weighted by Crippen LogP contribution is -2.49. The van der Waals surface area contributed by atoms with E-state index in [0.29, 0.717) is 25.3 Å². The molecule has 5 heteroatoms. The summed E-state index contributed by atoms with van der Waals surface area (Å²) < 4.78 is 1.88. The highest BCUT2D eigenvalue weighted by Crippen LogP contribution is 2.25. The zero-order chi connectivity index (χ0) is 25.1. The topological polar surface area (TPSA) is 41.4 Å². The lowest BCUT2D eigenvalue weighted by Gasteiger charge is -2.36. The molecule has 0 saturated carbocycles. The number of carbonyl (C=O) groups is 1. The molecule has 1 fully saturated rings. The molecule has 5 nitrogen and oxygen atoms in total. The van der Waals surface area contributed by atoms with Crippen molar-refractivity contribution in [1.82, 2.24) is 14.7 Å².